The van der Waals surface area contributed by atoms with Crippen LogP contribution in [-0.2, 0) is 34.8 Å². The van der Waals surface area contributed by atoms with Gasteiger partial charge in [0.15, 0.2) is 0 Å². The molecule has 0 fully saturated rings. The summed E-state index contributed by atoms with van der Waals surface area (Å²) < 4.78 is 77.7. The summed E-state index contributed by atoms with van der Waals surface area (Å²) in [5.74, 6) is -1.99. The van der Waals surface area contributed by atoms with Crippen LogP contribution >= 0.6 is 0 Å². The Morgan fingerprint density at radius 1 is 1.00 bits per heavy atom. The van der Waals surface area contributed by atoms with Crippen molar-refractivity contribution in [2.45, 2.75) is 31.2 Å². The first kappa shape index (κ1) is 23.7. The van der Waals surface area contributed by atoms with Crippen molar-refractivity contribution in [2.75, 3.05) is 0 Å². The minimum Gasteiger partial charge on any atom is -0.368 e. The van der Waals surface area contributed by atoms with E-state index in [9.17, 15) is 35.9 Å². The molecule has 0 radical (unpaired) electrons. The molecule has 0 bridgehead atoms. The van der Waals surface area contributed by atoms with Crippen molar-refractivity contribution in [3.05, 3.63) is 70.3 Å². The van der Waals surface area contributed by atoms with Crippen molar-refractivity contribution >= 4 is 11.8 Å². The topological polar surface area (TPSA) is 96.0 Å². The Kier molecular flexibility index (Phi) is 6.95. The predicted octanol–water partition coefficient (Wildman–Crippen LogP) is 3.35. The fraction of sp³-hybridized carbons (Fsp3) is 0.250. The van der Waals surface area contributed by atoms with Gasteiger partial charge in [-0.2, -0.15) is 31.6 Å². The van der Waals surface area contributed by atoms with E-state index in [1.165, 1.54) is 12.1 Å². The molecule has 0 aromatic heterocycles. The van der Waals surface area contributed by atoms with E-state index in [-0.39, 0.29) is 18.1 Å². The predicted molar refractivity (Wildman–Crippen MR) is 96.1 cm³/mol. The summed E-state index contributed by atoms with van der Waals surface area (Å²) in [6.07, 6.45) is -11.1. The average Bonchev–Trinajstić information content (AvgIpc) is 2.66. The fourth-order valence-corrected chi connectivity index (χ4v) is 2.80. The molecule has 2 aromatic carbocycles. The summed E-state index contributed by atoms with van der Waals surface area (Å²) in [6, 6.07) is 7.52. The molecule has 2 amide bonds. The second-order valence-electron chi connectivity index (χ2n) is 6.59. The van der Waals surface area contributed by atoms with E-state index in [0.29, 0.717) is 17.7 Å². The zero-order valence-electron chi connectivity index (χ0n) is 15.6. The van der Waals surface area contributed by atoms with E-state index >= 15 is 0 Å². The highest BCUT2D eigenvalue weighted by atomic mass is 19.4. The number of amides is 2. The van der Waals surface area contributed by atoms with Crippen LogP contribution in [0.15, 0.2) is 42.5 Å². The number of alkyl halides is 6. The molecule has 0 aliphatic heterocycles. The quantitative estimate of drug-likeness (QED) is 0.671. The monoisotopic (exact) mass is 443 g/mol. The van der Waals surface area contributed by atoms with E-state index in [1.54, 1.807) is 12.1 Å². The standard InChI is InChI=1S/C20H15F6N3O2/c21-19(22,23)14-5-11(6-15(9-14)20(24,25)26)7-17(30)29-16(18(28)31)8-12-3-1-2-4-13(12)10-27/h1-6,9,16H,7-8H2,(H2,28,31)(H,29,30)/t16-/m0/s1. The molecule has 1 atom stereocenters. The van der Waals surface area contributed by atoms with Gasteiger partial charge < -0.3 is 11.1 Å². The minimum absolute atomic E-state index is 0.0492. The molecule has 0 heterocycles. The highest BCUT2D eigenvalue weighted by Gasteiger charge is 2.37. The van der Waals surface area contributed by atoms with Crippen LogP contribution in [0.25, 0.3) is 0 Å². The van der Waals surface area contributed by atoms with E-state index in [1.807, 2.05) is 6.07 Å². The number of carbonyl (C=O) groups excluding carboxylic acids is 2. The molecule has 3 N–H and O–H groups in total. The third-order valence-corrected chi connectivity index (χ3v) is 4.25. The summed E-state index contributed by atoms with van der Waals surface area (Å²) >= 11 is 0. The molecule has 0 saturated carbocycles. The van der Waals surface area contributed by atoms with E-state index in [2.05, 4.69) is 5.32 Å². The molecule has 164 valence electrons. The first-order chi connectivity index (χ1) is 14.3. The van der Waals surface area contributed by atoms with Crippen molar-refractivity contribution in [3.63, 3.8) is 0 Å². The maximum atomic E-state index is 12.9. The lowest BCUT2D eigenvalue weighted by molar-refractivity contribution is -0.143. The van der Waals surface area contributed by atoms with Crippen LogP contribution in [0, 0.1) is 11.3 Å². The van der Waals surface area contributed by atoms with Gasteiger partial charge in [-0.05, 0) is 35.4 Å². The lowest BCUT2D eigenvalue weighted by atomic mass is 9.99. The molecule has 5 nitrogen and oxygen atoms in total. The Morgan fingerprint density at radius 3 is 2.03 bits per heavy atom. The second kappa shape index (κ2) is 9.07. The Balaban J connectivity index is 2.25. The molecule has 0 unspecified atom stereocenters. The van der Waals surface area contributed by atoms with Crippen LogP contribution in [0.2, 0.25) is 0 Å². The van der Waals surface area contributed by atoms with Crippen LogP contribution in [0.4, 0.5) is 26.3 Å². The Morgan fingerprint density at radius 2 is 1.55 bits per heavy atom. The van der Waals surface area contributed by atoms with Gasteiger partial charge in [-0.25, -0.2) is 0 Å². The Hall–Kier alpha value is -3.55. The first-order valence-electron chi connectivity index (χ1n) is 8.66. The number of benzene rings is 2. The average molecular weight is 443 g/mol. The number of nitrogens with one attached hydrogen (secondary N) is 1. The number of hydrogen-bond donors (Lipinski definition) is 2. The van der Waals surface area contributed by atoms with E-state index in [0.717, 1.165) is 0 Å². The largest absolute Gasteiger partial charge is 0.416 e. The third-order valence-electron chi connectivity index (χ3n) is 4.25. The van der Waals surface area contributed by atoms with Crippen molar-refractivity contribution < 1.29 is 35.9 Å². The summed E-state index contributed by atoms with van der Waals surface area (Å²) in [6.45, 7) is 0. The summed E-state index contributed by atoms with van der Waals surface area (Å²) in [4.78, 5) is 23.9. The van der Waals surface area contributed by atoms with E-state index < -0.39 is 53.3 Å². The van der Waals surface area contributed by atoms with Crippen LogP contribution in [-0.4, -0.2) is 17.9 Å². The number of nitrogens with two attached hydrogens (primary N) is 1. The molecule has 2 aromatic rings. The molecule has 31 heavy (non-hydrogen) atoms. The number of primary amides is 1. The number of halogens is 6. The van der Waals surface area contributed by atoms with Crippen molar-refractivity contribution in [1.29, 1.82) is 5.26 Å². The van der Waals surface area contributed by atoms with Crippen molar-refractivity contribution in [2.24, 2.45) is 5.73 Å². The van der Waals surface area contributed by atoms with Gasteiger partial charge in [0.25, 0.3) is 0 Å². The maximum absolute atomic E-state index is 12.9. The van der Waals surface area contributed by atoms with Gasteiger partial charge in [0.05, 0.1) is 29.2 Å². The molecule has 0 saturated heterocycles. The zero-order valence-corrected chi connectivity index (χ0v) is 15.6. The second-order valence-corrected chi connectivity index (χ2v) is 6.59. The fourth-order valence-electron chi connectivity index (χ4n) is 2.80. The molecule has 2 rings (SSSR count). The summed E-state index contributed by atoms with van der Waals surface area (Å²) in [5, 5.41) is 11.3. The van der Waals surface area contributed by atoms with Gasteiger partial charge in [0.1, 0.15) is 6.04 Å². The number of rotatable bonds is 6. The van der Waals surface area contributed by atoms with Gasteiger partial charge in [-0.3, -0.25) is 9.59 Å². The van der Waals surface area contributed by atoms with Gasteiger partial charge in [-0.15, -0.1) is 0 Å². The molecular weight excluding hydrogens is 428 g/mol. The zero-order chi connectivity index (χ0) is 23.4. The smallest absolute Gasteiger partial charge is 0.368 e. The maximum Gasteiger partial charge on any atom is 0.416 e. The van der Waals surface area contributed by atoms with Gasteiger partial charge in [0, 0.05) is 6.42 Å². The van der Waals surface area contributed by atoms with Gasteiger partial charge in [-0.1, -0.05) is 18.2 Å². The third kappa shape index (κ3) is 6.47. The normalized spacial score (nSPS) is 12.7. The van der Waals surface area contributed by atoms with Crippen LogP contribution in [0.5, 0.6) is 0 Å². The highest BCUT2D eigenvalue weighted by molar-refractivity contribution is 5.87. The molecular formula is C20H15F6N3O2. The minimum atomic E-state index is -5.05. The van der Waals surface area contributed by atoms with Crippen LogP contribution in [0.3, 0.4) is 0 Å². The first-order valence-corrected chi connectivity index (χ1v) is 8.66. The van der Waals surface area contributed by atoms with Crippen LogP contribution < -0.4 is 11.1 Å². The van der Waals surface area contributed by atoms with Crippen molar-refractivity contribution in [1.82, 2.24) is 5.32 Å². The summed E-state index contributed by atoms with van der Waals surface area (Å²) in [5.41, 5.74) is 2.19. The van der Waals surface area contributed by atoms with E-state index in [4.69, 9.17) is 11.0 Å². The summed E-state index contributed by atoms with van der Waals surface area (Å²) in [7, 11) is 0. The molecule has 0 aliphatic rings. The van der Waals surface area contributed by atoms with Gasteiger partial charge in [0.2, 0.25) is 11.8 Å². The highest BCUT2D eigenvalue weighted by Crippen LogP contribution is 2.36. The Bertz CT molecular complexity index is 993. The Labute approximate surface area is 172 Å². The SMILES string of the molecule is N#Cc1ccccc1C[C@H](NC(=O)Cc1cc(C(F)(F)F)cc(C(F)(F)F)c1)C(N)=O. The molecule has 0 spiro atoms. The molecule has 11 heteroatoms. The lowest BCUT2D eigenvalue weighted by Gasteiger charge is -2.17. The van der Waals surface area contributed by atoms with Crippen LogP contribution in [0.1, 0.15) is 27.8 Å². The molecule has 0 aliphatic carbocycles. The number of hydrogen-bond acceptors (Lipinski definition) is 3. The van der Waals surface area contributed by atoms with Gasteiger partial charge >= 0.3 is 12.4 Å². The number of carbonyl (C=O) groups is 2. The number of nitriles is 1. The van der Waals surface area contributed by atoms with Crippen molar-refractivity contribution in [3.8, 4) is 6.07 Å². The lowest BCUT2D eigenvalue weighted by Crippen LogP contribution is -2.46. The number of nitrogens with zero attached hydrogens (tertiary/aromatic N) is 1.